The zero-order chi connectivity index (χ0) is 23.9. The first-order valence-electron chi connectivity index (χ1n) is 10.8. The molecule has 180 valence electrons. The summed E-state index contributed by atoms with van der Waals surface area (Å²) in [5.41, 5.74) is 0.498. The fourth-order valence-corrected chi connectivity index (χ4v) is 3.56. The van der Waals surface area contributed by atoms with E-state index in [2.05, 4.69) is 20.1 Å². The Morgan fingerprint density at radius 1 is 0.774 bits per heavy atom. The van der Waals surface area contributed by atoms with Gasteiger partial charge in [0, 0.05) is 11.1 Å². The molecule has 0 aromatic carbocycles. The average molecular weight is 463 g/mol. The lowest BCUT2D eigenvalue weighted by Crippen LogP contribution is -2.23. The van der Waals surface area contributed by atoms with Crippen LogP contribution in [-0.2, 0) is 37.2 Å². The van der Waals surface area contributed by atoms with Crippen LogP contribution < -0.4 is 0 Å². The van der Waals surface area contributed by atoms with E-state index < -0.39 is 32.0 Å². The molecule has 0 N–H and O–H groups in total. The van der Waals surface area contributed by atoms with Gasteiger partial charge >= 0.3 is 19.8 Å². The summed E-state index contributed by atoms with van der Waals surface area (Å²) >= 11 is 0. The molecule has 0 saturated carbocycles. The van der Waals surface area contributed by atoms with Gasteiger partial charge in [0.25, 0.3) is 0 Å². The van der Waals surface area contributed by atoms with Crippen LogP contribution in [0, 0.1) is 0 Å². The van der Waals surface area contributed by atoms with Crippen molar-refractivity contribution in [2.75, 3.05) is 19.8 Å². The molecule has 0 aliphatic carbocycles. The summed E-state index contributed by atoms with van der Waals surface area (Å²) in [6, 6.07) is 0. The van der Waals surface area contributed by atoms with E-state index in [-0.39, 0.29) is 31.0 Å². The normalized spacial score (nSPS) is 14.9. The monoisotopic (exact) mass is 462 g/mol. The molecule has 0 spiro atoms. The molecule has 31 heavy (non-hydrogen) atoms. The first kappa shape index (κ1) is 29.5. The third-order valence-corrected chi connectivity index (χ3v) is 5.42. The largest absolute Gasteiger partial charge is 0.475 e. The highest BCUT2D eigenvalue weighted by atomic mass is 31.2. The van der Waals surface area contributed by atoms with E-state index in [9.17, 15) is 14.2 Å². The Kier molecular flexibility index (Phi) is 15.4. The van der Waals surface area contributed by atoms with E-state index in [0.29, 0.717) is 6.42 Å². The van der Waals surface area contributed by atoms with Gasteiger partial charge < -0.3 is 9.47 Å². The Morgan fingerprint density at radius 3 is 1.61 bits per heavy atom. The highest BCUT2D eigenvalue weighted by Gasteiger charge is 2.29. The summed E-state index contributed by atoms with van der Waals surface area (Å²) in [4.78, 5) is 23.2. The Morgan fingerprint density at radius 2 is 1.19 bits per heavy atom. The average Bonchev–Trinajstić information content (AvgIpc) is 2.70. The first-order chi connectivity index (χ1) is 14.5. The molecule has 0 heterocycles. The molecule has 0 aromatic rings. The molecular formula is C22H39O8P. The van der Waals surface area contributed by atoms with Crippen LogP contribution in [0.1, 0.15) is 73.1 Å². The van der Waals surface area contributed by atoms with E-state index in [0.717, 1.165) is 25.7 Å². The Hall–Kier alpha value is -1.47. The lowest BCUT2D eigenvalue weighted by atomic mass is 10.1. The molecule has 0 aromatic heterocycles. The Balaban J connectivity index is 4.72. The summed E-state index contributed by atoms with van der Waals surface area (Å²) in [6.45, 7) is 15.2. The van der Waals surface area contributed by atoms with Gasteiger partial charge in [-0.1, -0.05) is 52.2 Å². The van der Waals surface area contributed by atoms with Gasteiger partial charge in [0.05, 0.1) is 19.8 Å². The van der Waals surface area contributed by atoms with Crippen LogP contribution in [0.25, 0.3) is 0 Å². The second-order valence-electron chi connectivity index (χ2n) is 7.63. The first-order valence-corrected chi connectivity index (χ1v) is 12.2. The maximum Gasteiger partial charge on any atom is 0.475 e. The summed E-state index contributed by atoms with van der Waals surface area (Å²) in [7, 11) is -3.95. The van der Waals surface area contributed by atoms with E-state index in [1.54, 1.807) is 13.8 Å². The van der Waals surface area contributed by atoms with Gasteiger partial charge in [-0.2, -0.15) is 0 Å². The number of hydrogen-bond acceptors (Lipinski definition) is 8. The van der Waals surface area contributed by atoms with Crippen LogP contribution >= 0.6 is 7.82 Å². The molecule has 0 bridgehead atoms. The molecule has 0 rings (SSSR count). The van der Waals surface area contributed by atoms with Crippen molar-refractivity contribution in [3.63, 3.8) is 0 Å². The van der Waals surface area contributed by atoms with E-state index in [1.165, 1.54) is 20.3 Å². The summed E-state index contributed by atoms with van der Waals surface area (Å²) in [6.07, 6.45) is 4.86. The predicted molar refractivity (Wildman–Crippen MR) is 120 cm³/mol. The smallest absolute Gasteiger partial charge is 0.457 e. The molecule has 0 radical (unpaired) electrons. The minimum atomic E-state index is -3.95. The maximum atomic E-state index is 13.0. The number of ether oxygens (including phenoxy) is 2. The summed E-state index contributed by atoms with van der Waals surface area (Å²) in [5.74, 6) is -1.14. The molecule has 8 nitrogen and oxygen atoms in total. The maximum absolute atomic E-state index is 13.0. The van der Waals surface area contributed by atoms with Gasteiger partial charge in [-0.15, -0.1) is 0 Å². The van der Waals surface area contributed by atoms with Crippen LogP contribution in [0.3, 0.4) is 0 Å². The molecule has 2 unspecified atom stereocenters. The third-order valence-electron chi connectivity index (χ3n) is 4.00. The van der Waals surface area contributed by atoms with Crippen molar-refractivity contribution in [3.05, 3.63) is 24.3 Å². The summed E-state index contributed by atoms with van der Waals surface area (Å²) < 4.78 is 39.4. The molecule has 2 atom stereocenters. The molecule has 0 aliphatic rings. The molecule has 0 saturated heterocycles. The van der Waals surface area contributed by atoms with Crippen molar-refractivity contribution in [2.45, 2.75) is 85.4 Å². The minimum absolute atomic E-state index is 0.188. The van der Waals surface area contributed by atoms with Crippen molar-refractivity contribution in [1.29, 1.82) is 0 Å². The Labute approximate surface area is 186 Å². The quantitative estimate of drug-likeness (QED) is 0.114. The number of phosphoric acid groups is 1. The number of carbonyl (C=O) groups excluding carboxylic acids is 2. The topological polar surface area (TPSA) is 97.4 Å². The van der Waals surface area contributed by atoms with Crippen LogP contribution in [0.15, 0.2) is 24.3 Å². The number of rotatable bonds is 18. The van der Waals surface area contributed by atoms with Gasteiger partial charge in [-0.05, 0) is 34.1 Å². The fourth-order valence-electron chi connectivity index (χ4n) is 2.20. The zero-order valence-electron chi connectivity index (χ0n) is 19.6. The number of hydrogen-bond donors (Lipinski definition) is 0. The fraction of sp³-hybridized carbons (Fsp3) is 0.727. The van der Waals surface area contributed by atoms with Crippen LogP contribution in [-0.4, -0.2) is 44.0 Å². The van der Waals surface area contributed by atoms with Crippen molar-refractivity contribution >= 4 is 19.8 Å². The SMILES string of the molecule is C=C(C)C(=O)OC(C)COP(=O)(OCCCCCCCC)OCC(C)OC(=O)C(=C)C. The number of phosphoric ester groups is 1. The molecule has 9 heteroatoms. The second-order valence-corrected chi connectivity index (χ2v) is 9.30. The van der Waals surface area contributed by atoms with Crippen molar-refractivity contribution < 1.29 is 37.2 Å². The van der Waals surface area contributed by atoms with E-state index >= 15 is 0 Å². The molecule has 0 aliphatic heterocycles. The van der Waals surface area contributed by atoms with E-state index in [1.807, 2.05) is 0 Å². The molecular weight excluding hydrogens is 423 g/mol. The highest BCUT2D eigenvalue weighted by Crippen LogP contribution is 2.50. The van der Waals surface area contributed by atoms with Crippen LogP contribution in [0.5, 0.6) is 0 Å². The van der Waals surface area contributed by atoms with Gasteiger partial charge in [-0.25, -0.2) is 14.2 Å². The second kappa shape index (κ2) is 16.2. The molecule has 0 amide bonds. The van der Waals surface area contributed by atoms with Crippen LogP contribution in [0.2, 0.25) is 0 Å². The van der Waals surface area contributed by atoms with Crippen molar-refractivity contribution in [1.82, 2.24) is 0 Å². The lowest BCUT2D eigenvalue weighted by molar-refractivity contribution is -0.145. The molecule has 0 fully saturated rings. The third kappa shape index (κ3) is 15.0. The zero-order valence-corrected chi connectivity index (χ0v) is 20.5. The van der Waals surface area contributed by atoms with Gasteiger partial charge in [0.1, 0.15) is 12.2 Å². The van der Waals surface area contributed by atoms with Gasteiger partial charge in [-0.3, -0.25) is 13.6 Å². The minimum Gasteiger partial charge on any atom is -0.457 e. The van der Waals surface area contributed by atoms with E-state index in [4.69, 9.17) is 23.0 Å². The predicted octanol–water partition coefficient (Wildman–Crippen LogP) is 5.52. The van der Waals surface area contributed by atoms with Crippen molar-refractivity contribution in [3.8, 4) is 0 Å². The Bertz CT molecular complexity index is 589. The van der Waals surface area contributed by atoms with Gasteiger partial charge in [0.2, 0.25) is 0 Å². The summed E-state index contributed by atoms with van der Waals surface area (Å²) in [5, 5.41) is 0. The highest BCUT2D eigenvalue weighted by molar-refractivity contribution is 7.48. The number of carbonyl (C=O) groups is 2. The van der Waals surface area contributed by atoms with Crippen LogP contribution in [0.4, 0.5) is 0 Å². The van der Waals surface area contributed by atoms with Crippen molar-refractivity contribution in [2.24, 2.45) is 0 Å². The van der Waals surface area contributed by atoms with Gasteiger partial charge in [0.15, 0.2) is 0 Å². The number of esters is 2. The standard InChI is InChI=1S/C22H39O8P/c1-8-9-10-11-12-13-14-26-31(25,27-15-19(6)29-21(23)17(2)3)28-16-20(7)30-22(24)18(4)5/h19-20H,2,4,8-16H2,1,3,5-7H3. The lowest BCUT2D eigenvalue weighted by Gasteiger charge is -2.22. The number of unbranched alkanes of at least 4 members (excludes halogenated alkanes) is 5.